The first-order chi connectivity index (χ1) is 9.60. The van der Waals surface area contributed by atoms with Crippen LogP contribution in [0, 0.1) is 11.8 Å². The van der Waals surface area contributed by atoms with Crippen molar-refractivity contribution in [1.29, 1.82) is 0 Å². The Hall–Kier alpha value is -1.37. The summed E-state index contributed by atoms with van der Waals surface area (Å²) < 4.78 is 0. The number of hydrogen-bond donors (Lipinski definition) is 0. The standard InChI is InChI=1S/C20H29N/c1-12-9-15(4)19(21-20(6,7)8)17(10-12)18-14(3)11-13(2)16(18)5/h9-11,14-15H,1-8H3. The first kappa shape index (κ1) is 16.0. The predicted molar refractivity (Wildman–Crippen MR) is 93.8 cm³/mol. The Balaban J connectivity index is 2.59. The first-order valence-corrected chi connectivity index (χ1v) is 8.00. The quantitative estimate of drug-likeness (QED) is 0.588. The number of hydrogen-bond acceptors (Lipinski definition) is 1. The molecule has 1 heteroatoms. The van der Waals surface area contributed by atoms with E-state index >= 15 is 0 Å². The Morgan fingerprint density at radius 2 is 1.57 bits per heavy atom. The molecule has 0 heterocycles. The van der Waals surface area contributed by atoms with Crippen molar-refractivity contribution in [1.82, 2.24) is 0 Å². The zero-order valence-electron chi connectivity index (χ0n) is 14.8. The van der Waals surface area contributed by atoms with Gasteiger partial charge >= 0.3 is 0 Å². The normalized spacial score (nSPS) is 28.8. The van der Waals surface area contributed by atoms with Gasteiger partial charge in [-0.25, -0.2) is 0 Å². The molecule has 0 aromatic rings. The zero-order chi connectivity index (χ0) is 15.9. The first-order valence-electron chi connectivity index (χ1n) is 8.00. The van der Waals surface area contributed by atoms with Crippen molar-refractivity contribution < 1.29 is 0 Å². The van der Waals surface area contributed by atoms with E-state index < -0.39 is 0 Å². The lowest BCUT2D eigenvalue weighted by Crippen LogP contribution is -2.24. The highest BCUT2D eigenvalue weighted by Crippen LogP contribution is 2.39. The maximum atomic E-state index is 5.05. The highest BCUT2D eigenvalue weighted by molar-refractivity contribution is 6.08. The molecule has 0 aromatic carbocycles. The molecule has 0 spiro atoms. The van der Waals surface area contributed by atoms with Gasteiger partial charge in [0.1, 0.15) is 0 Å². The molecular formula is C20H29N. The number of rotatable bonds is 1. The molecule has 2 aliphatic rings. The van der Waals surface area contributed by atoms with E-state index in [1.165, 1.54) is 33.6 Å². The van der Waals surface area contributed by atoms with Gasteiger partial charge < -0.3 is 0 Å². The molecule has 2 aliphatic carbocycles. The van der Waals surface area contributed by atoms with Gasteiger partial charge in [-0.15, -0.1) is 0 Å². The molecule has 0 aliphatic heterocycles. The van der Waals surface area contributed by atoms with Gasteiger partial charge in [-0.3, -0.25) is 4.99 Å². The molecule has 0 saturated heterocycles. The van der Waals surface area contributed by atoms with Crippen molar-refractivity contribution in [2.24, 2.45) is 16.8 Å². The van der Waals surface area contributed by atoms with Crippen LogP contribution in [0.4, 0.5) is 0 Å². The summed E-state index contributed by atoms with van der Waals surface area (Å²) in [6.07, 6.45) is 7.02. The van der Waals surface area contributed by atoms with E-state index in [2.05, 4.69) is 73.6 Å². The average Bonchev–Trinajstić information content (AvgIpc) is 2.55. The van der Waals surface area contributed by atoms with Crippen LogP contribution in [0.15, 0.2) is 51.1 Å². The summed E-state index contributed by atoms with van der Waals surface area (Å²) in [5.74, 6) is 0.872. The van der Waals surface area contributed by atoms with Gasteiger partial charge in [0, 0.05) is 23.1 Å². The second-order valence-electron chi connectivity index (χ2n) is 7.60. The lowest BCUT2D eigenvalue weighted by atomic mass is 9.81. The summed E-state index contributed by atoms with van der Waals surface area (Å²) in [4.78, 5) is 5.05. The summed E-state index contributed by atoms with van der Waals surface area (Å²) in [6, 6.07) is 0. The molecule has 0 amide bonds. The van der Waals surface area contributed by atoms with Crippen molar-refractivity contribution in [3.05, 3.63) is 46.1 Å². The Labute approximate surface area is 130 Å². The molecule has 2 rings (SSSR count). The summed E-state index contributed by atoms with van der Waals surface area (Å²) in [6.45, 7) is 17.8. The van der Waals surface area contributed by atoms with Crippen LogP contribution >= 0.6 is 0 Å². The fourth-order valence-electron chi connectivity index (χ4n) is 3.39. The monoisotopic (exact) mass is 283 g/mol. The van der Waals surface area contributed by atoms with E-state index in [9.17, 15) is 0 Å². The van der Waals surface area contributed by atoms with Crippen LogP contribution in [0.3, 0.4) is 0 Å². The lowest BCUT2D eigenvalue weighted by Gasteiger charge is -2.27. The van der Waals surface area contributed by atoms with E-state index in [0.717, 1.165) is 0 Å². The van der Waals surface area contributed by atoms with Crippen molar-refractivity contribution in [3.8, 4) is 0 Å². The highest BCUT2D eigenvalue weighted by Gasteiger charge is 2.29. The minimum Gasteiger partial charge on any atom is -0.283 e. The van der Waals surface area contributed by atoms with Crippen LogP contribution in [0.1, 0.15) is 55.4 Å². The van der Waals surface area contributed by atoms with Gasteiger partial charge in [0.05, 0.1) is 5.54 Å². The van der Waals surface area contributed by atoms with Crippen LogP contribution in [-0.4, -0.2) is 11.3 Å². The third-order valence-electron chi connectivity index (χ3n) is 4.29. The van der Waals surface area contributed by atoms with Crippen LogP contribution in [-0.2, 0) is 0 Å². The van der Waals surface area contributed by atoms with E-state index in [4.69, 9.17) is 4.99 Å². The largest absolute Gasteiger partial charge is 0.283 e. The maximum Gasteiger partial charge on any atom is 0.0527 e. The Bertz CT molecular complexity index is 600. The highest BCUT2D eigenvalue weighted by atomic mass is 14.8. The molecule has 2 unspecified atom stereocenters. The summed E-state index contributed by atoms with van der Waals surface area (Å²) in [7, 11) is 0. The van der Waals surface area contributed by atoms with Gasteiger partial charge in [-0.2, -0.15) is 0 Å². The van der Waals surface area contributed by atoms with E-state index in [-0.39, 0.29) is 5.54 Å². The molecule has 1 nitrogen and oxygen atoms in total. The van der Waals surface area contributed by atoms with Gasteiger partial charge in [-0.1, -0.05) is 43.2 Å². The van der Waals surface area contributed by atoms with E-state index in [1.54, 1.807) is 0 Å². The molecule has 21 heavy (non-hydrogen) atoms. The van der Waals surface area contributed by atoms with Gasteiger partial charge in [-0.05, 0) is 52.7 Å². The van der Waals surface area contributed by atoms with E-state index in [1.807, 2.05) is 0 Å². The minimum absolute atomic E-state index is 0.0411. The van der Waals surface area contributed by atoms with Gasteiger partial charge in [0.15, 0.2) is 0 Å². The summed E-state index contributed by atoms with van der Waals surface area (Å²) in [5, 5.41) is 0. The molecule has 0 N–H and O–H groups in total. The minimum atomic E-state index is -0.0411. The van der Waals surface area contributed by atoms with Crippen molar-refractivity contribution in [3.63, 3.8) is 0 Å². The molecule has 0 bridgehead atoms. The summed E-state index contributed by atoms with van der Waals surface area (Å²) in [5.41, 5.74) is 8.22. The van der Waals surface area contributed by atoms with Crippen LogP contribution in [0.25, 0.3) is 0 Å². The molecule has 2 atom stereocenters. The molecule has 0 saturated carbocycles. The molecule has 114 valence electrons. The third-order valence-corrected chi connectivity index (χ3v) is 4.29. The molecular weight excluding hydrogens is 254 g/mol. The number of aliphatic imine (C=N–C) groups is 1. The fraction of sp³-hybridized carbons (Fsp3) is 0.550. The number of nitrogens with zero attached hydrogens (tertiary/aromatic N) is 1. The van der Waals surface area contributed by atoms with Crippen molar-refractivity contribution >= 4 is 5.71 Å². The zero-order valence-corrected chi connectivity index (χ0v) is 14.8. The van der Waals surface area contributed by atoms with Crippen molar-refractivity contribution in [2.45, 2.75) is 60.9 Å². The number of allylic oxidation sites excluding steroid dienone is 8. The van der Waals surface area contributed by atoms with Crippen molar-refractivity contribution in [2.75, 3.05) is 0 Å². The van der Waals surface area contributed by atoms with Gasteiger partial charge in [0.2, 0.25) is 0 Å². The third kappa shape index (κ3) is 3.28. The second-order valence-corrected chi connectivity index (χ2v) is 7.60. The molecule has 0 radical (unpaired) electrons. The second kappa shape index (κ2) is 5.44. The lowest BCUT2D eigenvalue weighted by molar-refractivity contribution is 0.579. The van der Waals surface area contributed by atoms with Crippen LogP contribution in [0.5, 0.6) is 0 Å². The predicted octanol–water partition coefficient (Wildman–Crippen LogP) is 5.66. The van der Waals surface area contributed by atoms with Crippen LogP contribution < -0.4 is 0 Å². The molecule has 0 fully saturated rings. The smallest absolute Gasteiger partial charge is 0.0527 e. The Morgan fingerprint density at radius 1 is 0.952 bits per heavy atom. The maximum absolute atomic E-state index is 5.05. The van der Waals surface area contributed by atoms with Gasteiger partial charge in [0.25, 0.3) is 0 Å². The summed E-state index contributed by atoms with van der Waals surface area (Å²) >= 11 is 0. The van der Waals surface area contributed by atoms with Crippen LogP contribution in [0.2, 0.25) is 0 Å². The SMILES string of the molecule is CC1=CC(C)C(=NC(C)(C)C)C(C2=C(C)C(C)=CC2C)=C1. The Kier molecular flexibility index (Phi) is 4.15. The van der Waals surface area contributed by atoms with E-state index in [0.29, 0.717) is 11.8 Å². The average molecular weight is 283 g/mol. The fourth-order valence-corrected chi connectivity index (χ4v) is 3.39. The Morgan fingerprint density at radius 3 is 2.05 bits per heavy atom. The topological polar surface area (TPSA) is 12.4 Å². The molecule has 0 aromatic heterocycles.